The molecule has 2 aromatic carbocycles. The number of anilines is 1. The van der Waals surface area contributed by atoms with Crippen LogP contribution in [0.15, 0.2) is 47.5 Å². The number of rotatable bonds is 8. The van der Waals surface area contributed by atoms with Crippen molar-refractivity contribution in [3.8, 4) is 0 Å². The minimum absolute atomic E-state index is 0.0264. The van der Waals surface area contributed by atoms with Crippen LogP contribution in [0.1, 0.15) is 67.7 Å². The highest BCUT2D eigenvalue weighted by Gasteiger charge is 2.48. The van der Waals surface area contributed by atoms with Crippen LogP contribution in [-0.2, 0) is 21.4 Å². The number of sulfonamides is 1. The van der Waals surface area contributed by atoms with Crippen LogP contribution in [0, 0.1) is 29.1 Å². The van der Waals surface area contributed by atoms with Gasteiger partial charge < -0.3 is 4.90 Å². The van der Waals surface area contributed by atoms with Crippen molar-refractivity contribution in [3.05, 3.63) is 88.5 Å². The van der Waals surface area contributed by atoms with E-state index in [0.717, 1.165) is 54.7 Å². The van der Waals surface area contributed by atoms with E-state index in [2.05, 4.69) is 4.98 Å². The maximum atomic E-state index is 14.4. The van der Waals surface area contributed by atoms with Gasteiger partial charge in [0, 0.05) is 24.0 Å². The fourth-order valence-electron chi connectivity index (χ4n) is 5.50. The van der Waals surface area contributed by atoms with Gasteiger partial charge in [0.25, 0.3) is 6.43 Å². The topological polar surface area (TPSA) is 70.6 Å². The predicted octanol–water partition coefficient (Wildman–Crippen LogP) is 6.76. The second-order valence-corrected chi connectivity index (χ2v) is 12.4. The first kappa shape index (κ1) is 30.9. The normalized spacial score (nSPS) is 18.1. The third-order valence-electron chi connectivity index (χ3n) is 7.94. The van der Waals surface area contributed by atoms with Gasteiger partial charge in [0.05, 0.1) is 12.2 Å². The summed E-state index contributed by atoms with van der Waals surface area (Å²) in [4.78, 5) is 17.2. The summed E-state index contributed by atoms with van der Waals surface area (Å²) in [6.07, 6.45) is 4.01. The Bertz CT molecular complexity index is 1600. The highest BCUT2D eigenvalue weighted by molar-refractivity contribution is 7.89. The van der Waals surface area contributed by atoms with Crippen LogP contribution in [0.25, 0.3) is 0 Å². The summed E-state index contributed by atoms with van der Waals surface area (Å²) in [5, 5.41) is 0. The molecule has 1 amide bonds. The van der Waals surface area contributed by atoms with Gasteiger partial charge in [-0.05, 0) is 48.9 Å². The number of amides is 1. The lowest BCUT2D eigenvalue weighted by Gasteiger charge is -2.41. The summed E-state index contributed by atoms with van der Waals surface area (Å²) < 4.78 is 124. The molecule has 2 fully saturated rings. The number of carbonyl (C=O) groups is 1. The molecule has 3 aromatic rings. The standard InChI is InChI=1S/C29H26F7N3O3S/c30-22-23(31)25(33)27(26(34)24(22)32)43(41,42)39-12-11-21(39)29(40)38(20-8-4-7-17(13-20)28(35)36)15-19-10-9-18(14-37-19)16-5-2-1-3-6-16/h4,7-10,13-14,16,21,28H,1-3,5-6,11-12,15H2/t21-/m1/s1. The first-order valence-electron chi connectivity index (χ1n) is 13.6. The molecule has 5 rings (SSSR count). The Hall–Kier alpha value is -3.52. The maximum Gasteiger partial charge on any atom is 0.263 e. The van der Waals surface area contributed by atoms with Gasteiger partial charge in [-0.15, -0.1) is 0 Å². The van der Waals surface area contributed by atoms with Gasteiger partial charge in [0.1, 0.15) is 6.04 Å². The third kappa shape index (κ3) is 5.86. The summed E-state index contributed by atoms with van der Waals surface area (Å²) in [5.74, 6) is -13.2. The molecule has 1 saturated heterocycles. The largest absolute Gasteiger partial charge is 0.305 e. The molecule has 0 radical (unpaired) electrons. The van der Waals surface area contributed by atoms with Gasteiger partial charge in [-0.2, -0.15) is 4.31 Å². The fourth-order valence-corrected chi connectivity index (χ4v) is 7.24. The lowest BCUT2D eigenvalue weighted by atomic mass is 9.85. The lowest BCUT2D eigenvalue weighted by Crippen LogP contribution is -2.59. The first-order valence-corrected chi connectivity index (χ1v) is 15.0. The predicted molar refractivity (Wildman–Crippen MR) is 141 cm³/mol. The molecule has 2 aliphatic rings. The highest BCUT2D eigenvalue weighted by Crippen LogP contribution is 2.36. The second kappa shape index (κ2) is 12.2. The highest BCUT2D eigenvalue weighted by atomic mass is 32.2. The van der Waals surface area contributed by atoms with Crippen LogP contribution in [0.4, 0.5) is 36.4 Å². The molecule has 6 nitrogen and oxygen atoms in total. The molecular formula is C29H26F7N3O3S. The number of alkyl halides is 2. The lowest BCUT2D eigenvalue weighted by molar-refractivity contribution is -0.125. The Morgan fingerprint density at radius 2 is 1.56 bits per heavy atom. The first-order chi connectivity index (χ1) is 20.4. The molecule has 1 atom stereocenters. The SMILES string of the molecule is O=C([C@H]1CCN1S(=O)(=O)c1c(F)c(F)c(F)c(F)c1F)N(Cc1ccc(C2CCCCC2)cn1)c1cccc(C(F)F)c1. The molecule has 43 heavy (non-hydrogen) atoms. The molecule has 1 aliphatic carbocycles. The number of carbonyl (C=O) groups excluding carboxylic acids is 1. The molecule has 0 unspecified atom stereocenters. The van der Waals surface area contributed by atoms with Crippen LogP contribution in [-0.4, -0.2) is 36.2 Å². The van der Waals surface area contributed by atoms with Crippen molar-refractivity contribution in [3.63, 3.8) is 0 Å². The van der Waals surface area contributed by atoms with Crippen molar-refractivity contribution in [2.45, 2.75) is 68.4 Å². The molecular weight excluding hydrogens is 603 g/mol. The van der Waals surface area contributed by atoms with E-state index in [4.69, 9.17) is 0 Å². The van der Waals surface area contributed by atoms with Gasteiger partial charge in [-0.3, -0.25) is 9.78 Å². The number of aromatic nitrogens is 1. The summed E-state index contributed by atoms with van der Waals surface area (Å²) in [5.41, 5.74) is 0.917. The summed E-state index contributed by atoms with van der Waals surface area (Å²) >= 11 is 0. The molecule has 1 aromatic heterocycles. The van der Waals surface area contributed by atoms with Gasteiger partial charge in [-0.1, -0.05) is 37.5 Å². The zero-order valence-electron chi connectivity index (χ0n) is 22.6. The minimum Gasteiger partial charge on any atom is -0.305 e. The molecule has 1 aliphatic heterocycles. The van der Waals surface area contributed by atoms with Gasteiger partial charge >= 0.3 is 0 Å². The Balaban J connectivity index is 1.47. The van der Waals surface area contributed by atoms with Crippen LogP contribution in [0.5, 0.6) is 0 Å². The van der Waals surface area contributed by atoms with E-state index in [-0.39, 0.29) is 18.7 Å². The summed E-state index contributed by atoms with van der Waals surface area (Å²) in [7, 11) is -5.39. The number of benzene rings is 2. The minimum atomic E-state index is -5.39. The van der Waals surface area contributed by atoms with Crippen LogP contribution >= 0.6 is 0 Å². The van der Waals surface area contributed by atoms with E-state index in [1.54, 1.807) is 12.3 Å². The molecule has 14 heteroatoms. The third-order valence-corrected chi connectivity index (χ3v) is 9.86. The Morgan fingerprint density at radius 1 is 0.907 bits per heavy atom. The van der Waals surface area contributed by atoms with Crippen molar-refractivity contribution in [1.29, 1.82) is 0 Å². The molecule has 1 saturated carbocycles. The monoisotopic (exact) mass is 629 g/mol. The van der Waals surface area contributed by atoms with Crippen LogP contribution < -0.4 is 4.90 Å². The Kier molecular flexibility index (Phi) is 8.80. The van der Waals surface area contributed by atoms with Crippen molar-refractivity contribution < 1.29 is 43.9 Å². The van der Waals surface area contributed by atoms with Crippen molar-refractivity contribution >= 4 is 21.6 Å². The molecule has 0 spiro atoms. The zero-order chi connectivity index (χ0) is 31.1. The van der Waals surface area contributed by atoms with Gasteiger partial charge in [0.2, 0.25) is 21.7 Å². The molecule has 0 bridgehead atoms. The Morgan fingerprint density at radius 3 is 2.12 bits per heavy atom. The van der Waals surface area contributed by atoms with Crippen molar-refractivity contribution in [2.24, 2.45) is 0 Å². The average molecular weight is 630 g/mol. The van der Waals surface area contributed by atoms with Gasteiger partial charge in [-0.25, -0.2) is 39.2 Å². The zero-order valence-corrected chi connectivity index (χ0v) is 23.4. The van der Waals surface area contributed by atoms with E-state index < -0.39 is 74.5 Å². The number of hydrogen-bond donors (Lipinski definition) is 0. The Labute approximate surface area is 243 Å². The number of halogens is 7. The molecule has 230 valence electrons. The fraction of sp³-hybridized carbons (Fsp3) is 0.379. The summed E-state index contributed by atoms with van der Waals surface area (Å²) in [6.45, 7) is -0.735. The van der Waals surface area contributed by atoms with Crippen molar-refractivity contribution in [1.82, 2.24) is 9.29 Å². The van der Waals surface area contributed by atoms with E-state index in [1.807, 2.05) is 6.07 Å². The maximum absolute atomic E-state index is 14.4. The van der Waals surface area contributed by atoms with E-state index in [0.29, 0.717) is 15.9 Å². The summed E-state index contributed by atoms with van der Waals surface area (Å²) in [6, 6.07) is 6.72. The quantitative estimate of drug-likeness (QED) is 0.157. The van der Waals surface area contributed by atoms with E-state index >= 15 is 0 Å². The second-order valence-electron chi connectivity index (χ2n) is 10.6. The number of nitrogens with zero attached hydrogens (tertiary/aromatic N) is 3. The van der Waals surface area contributed by atoms with Crippen LogP contribution in [0.3, 0.4) is 0 Å². The average Bonchev–Trinajstić information content (AvgIpc) is 2.97. The smallest absolute Gasteiger partial charge is 0.263 e. The van der Waals surface area contributed by atoms with Crippen LogP contribution in [0.2, 0.25) is 0 Å². The number of hydrogen-bond acceptors (Lipinski definition) is 4. The van der Waals surface area contributed by atoms with E-state index in [1.165, 1.54) is 12.1 Å². The van der Waals surface area contributed by atoms with E-state index in [9.17, 15) is 43.9 Å². The number of pyridine rings is 1. The molecule has 0 N–H and O–H groups in total. The van der Waals surface area contributed by atoms with Gasteiger partial charge in [0.15, 0.2) is 28.2 Å². The van der Waals surface area contributed by atoms with Crippen molar-refractivity contribution in [2.75, 3.05) is 11.4 Å². The molecule has 2 heterocycles.